The summed E-state index contributed by atoms with van der Waals surface area (Å²) in [6.07, 6.45) is 4.12. The predicted octanol–water partition coefficient (Wildman–Crippen LogP) is 0.476. The highest BCUT2D eigenvalue weighted by Gasteiger charge is 2.46. The first-order chi connectivity index (χ1) is 11.7. The molecule has 3 fully saturated rings. The summed E-state index contributed by atoms with van der Waals surface area (Å²) in [5.41, 5.74) is 0. The highest BCUT2D eigenvalue weighted by atomic mass is 16.5. The summed E-state index contributed by atoms with van der Waals surface area (Å²) in [5.74, 6) is 2.27. The first kappa shape index (κ1) is 15.6. The van der Waals surface area contributed by atoms with Crippen molar-refractivity contribution < 1.29 is 9.53 Å². The molecule has 0 aliphatic carbocycles. The largest absolute Gasteiger partial charge is 0.481 e. The minimum absolute atomic E-state index is 0.115. The summed E-state index contributed by atoms with van der Waals surface area (Å²) >= 11 is 0. The molecule has 1 aromatic rings. The lowest BCUT2D eigenvalue weighted by Gasteiger charge is -2.24. The average Bonchev–Trinajstić information content (AvgIpc) is 3.32. The first-order valence-corrected chi connectivity index (χ1v) is 8.87. The number of anilines is 1. The average molecular weight is 331 g/mol. The van der Waals surface area contributed by atoms with Crippen LogP contribution in [0.25, 0.3) is 0 Å². The van der Waals surface area contributed by atoms with Crippen LogP contribution < -0.4 is 9.64 Å². The Morgan fingerprint density at radius 1 is 1.17 bits per heavy atom. The predicted molar refractivity (Wildman–Crippen MR) is 90.0 cm³/mol. The first-order valence-electron chi connectivity index (χ1n) is 8.87. The molecular formula is C17H25N5O2. The molecule has 1 aromatic heterocycles. The molecule has 4 heterocycles. The van der Waals surface area contributed by atoms with Gasteiger partial charge in [0.15, 0.2) is 0 Å². The standard InChI is InChI=1S/C17H25N5O2/c1-24-16-8-15(18-12-19-16)22-10-13-9-21(17(23)14(13)11-22)7-6-20-4-2-3-5-20/h8,12-14H,2-7,9-11H2,1H3/t13-,14+/m1/s1. The molecule has 0 unspecified atom stereocenters. The van der Waals surface area contributed by atoms with E-state index in [1.54, 1.807) is 7.11 Å². The van der Waals surface area contributed by atoms with Crippen LogP contribution in [0.2, 0.25) is 0 Å². The van der Waals surface area contributed by atoms with Gasteiger partial charge in [-0.05, 0) is 25.9 Å². The molecule has 2 atom stereocenters. The minimum Gasteiger partial charge on any atom is -0.481 e. The molecule has 1 amide bonds. The second-order valence-electron chi connectivity index (χ2n) is 7.02. The zero-order valence-electron chi connectivity index (χ0n) is 14.2. The van der Waals surface area contributed by atoms with E-state index in [1.165, 1.54) is 32.3 Å². The fourth-order valence-corrected chi connectivity index (χ4v) is 4.21. The van der Waals surface area contributed by atoms with E-state index < -0.39 is 0 Å². The van der Waals surface area contributed by atoms with Gasteiger partial charge >= 0.3 is 0 Å². The molecule has 4 rings (SSSR count). The molecule has 0 radical (unpaired) electrons. The van der Waals surface area contributed by atoms with Crippen molar-refractivity contribution in [3.05, 3.63) is 12.4 Å². The molecule has 3 aliphatic heterocycles. The van der Waals surface area contributed by atoms with Crippen LogP contribution in [0.15, 0.2) is 12.4 Å². The van der Waals surface area contributed by atoms with E-state index in [4.69, 9.17) is 4.74 Å². The van der Waals surface area contributed by atoms with Gasteiger partial charge in [-0.25, -0.2) is 9.97 Å². The SMILES string of the molecule is COc1cc(N2C[C@H]3CN(CCN4CCCC4)C(=O)[C@H]3C2)ncn1. The molecule has 0 aromatic carbocycles. The van der Waals surface area contributed by atoms with Crippen molar-refractivity contribution in [2.45, 2.75) is 12.8 Å². The Kier molecular flexibility index (Phi) is 4.26. The Bertz CT molecular complexity index is 604. The van der Waals surface area contributed by atoms with E-state index in [0.29, 0.717) is 17.7 Å². The molecule has 3 aliphatic rings. The molecular weight excluding hydrogens is 306 g/mol. The topological polar surface area (TPSA) is 61.8 Å². The van der Waals surface area contributed by atoms with Gasteiger partial charge < -0.3 is 19.4 Å². The number of ether oxygens (including phenoxy) is 1. The quantitative estimate of drug-likeness (QED) is 0.782. The van der Waals surface area contributed by atoms with Gasteiger partial charge in [0, 0.05) is 44.7 Å². The van der Waals surface area contributed by atoms with Crippen LogP contribution >= 0.6 is 0 Å². The number of amides is 1. The monoisotopic (exact) mass is 331 g/mol. The number of nitrogens with zero attached hydrogens (tertiary/aromatic N) is 5. The normalized spacial score (nSPS) is 27.1. The van der Waals surface area contributed by atoms with Crippen LogP contribution in [0.5, 0.6) is 5.88 Å². The zero-order chi connectivity index (χ0) is 16.5. The van der Waals surface area contributed by atoms with Crippen LogP contribution in [0.4, 0.5) is 5.82 Å². The second kappa shape index (κ2) is 6.55. The van der Waals surface area contributed by atoms with Gasteiger partial charge in [-0.3, -0.25) is 4.79 Å². The summed E-state index contributed by atoms with van der Waals surface area (Å²) in [6.45, 7) is 6.82. The van der Waals surface area contributed by atoms with Crippen LogP contribution in [-0.4, -0.2) is 78.6 Å². The smallest absolute Gasteiger partial charge is 0.227 e. The van der Waals surface area contributed by atoms with Gasteiger partial charge in [0.1, 0.15) is 12.1 Å². The Balaban J connectivity index is 1.35. The number of aromatic nitrogens is 2. The molecule has 7 heteroatoms. The molecule has 0 saturated carbocycles. The lowest BCUT2D eigenvalue weighted by Crippen LogP contribution is -2.38. The van der Waals surface area contributed by atoms with Gasteiger partial charge in [-0.2, -0.15) is 0 Å². The maximum Gasteiger partial charge on any atom is 0.227 e. The number of carbonyl (C=O) groups is 1. The number of carbonyl (C=O) groups excluding carboxylic acids is 1. The van der Waals surface area contributed by atoms with Gasteiger partial charge in [0.25, 0.3) is 0 Å². The lowest BCUT2D eigenvalue weighted by molar-refractivity contribution is -0.130. The molecule has 130 valence electrons. The molecule has 0 spiro atoms. The Hall–Kier alpha value is -1.89. The highest BCUT2D eigenvalue weighted by Crippen LogP contribution is 2.34. The van der Waals surface area contributed by atoms with E-state index in [0.717, 1.165) is 38.5 Å². The summed E-state index contributed by atoms with van der Waals surface area (Å²) in [4.78, 5) is 27.8. The van der Waals surface area contributed by atoms with Crippen LogP contribution in [0.1, 0.15) is 12.8 Å². The van der Waals surface area contributed by atoms with Gasteiger partial charge in [0.2, 0.25) is 11.8 Å². The summed E-state index contributed by atoms with van der Waals surface area (Å²) < 4.78 is 5.17. The van der Waals surface area contributed by atoms with E-state index in [-0.39, 0.29) is 5.92 Å². The van der Waals surface area contributed by atoms with E-state index >= 15 is 0 Å². The number of methoxy groups -OCH3 is 1. The number of hydrogen-bond donors (Lipinski definition) is 0. The third-order valence-electron chi connectivity index (χ3n) is 5.57. The maximum absolute atomic E-state index is 12.7. The van der Waals surface area contributed by atoms with Crippen molar-refractivity contribution in [3.63, 3.8) is 0 Å². The van der Waals surface area contributed by atoms with Gasteiger partial charge in [-0.1, -0.05) is 0 Å². The van der Waals surface area contributed by atoms with Crippen molar-refractivity contribution in [2.75, 3.05) is 57.8 Å². The molecule has 24 heavy (non-hydrogen) atoms. The Labute approximate surface area is 142 Å². The number of fused-ring (bicyclic) bond motifs is 1. The molecule has 0 bridgehead atoms. The van der Waals surface area contributed by atoms with Gasteiger partial charge in [0.05, 0.1) is 13.0 Å². The maximum atomic E-state index is 12.7. The van der Waals surface area contributed by atoms with Crippen LogP contribution in [0.3, 0.4) is 0 Å². The van der Waals surface area contributed by atoms with Crippen LogP contribution in [0, 0.1) is 11.8 Å². The fourth-order valence-electron chi connectivity index (χ4n) is 4.21. The van der Waals surface area contributed by atoms with Crippen molar-refractivity contribution in [3.8, 4) is 5.88 Å². The summed E-state index contributed by atoms with van der Waals surface area (Å²) in [5, 5.41) is 0. The fraction of sp³-hybridized carbons (Fsp3) is 0.706. The highest BCUT2D eigenvalue weighted by molar-refractivity contribution is 5.83. The molecule has 3 saturated heterocycles. The number of likely N-dealkylation sites (tertiary alicyclic amines) is 2. The Morgan fingerprint density at radius 3 is 2.75 bits per heavy atom. The van der Waals surface area contributed by atoms with Crippen molar-refractivity contribution in [2.24, 2.45) is 11.8 Å². The summed E-state index contributed by atoms with van der Waals surface area (Å²) in [7, 11) is 1.60. The third-order valence-corrected chi connectivity index (χ3v) is 5.57. The summed E-state index contributed by atoms with van der Waals surface area (Å²) in [6, 6.07) is 1.84. The van der Waals surface area contributed by atoms with E-state index in [9.17, 15) is 4.79 Å². The Morgan fingerprint density at radius 2 is 2.00 bits per heavy atom. The minimum atomic E-state index is 0.115. The van der Waals surface area contributed by atoms with Crippen molar-refractivity contribution in [1.29, 1.82) is 0 Å². The zero-order valence-corrected chi connectivity index (χ0v) is 14.2. The van der Waals surface area contributed by atoms with Crippen molar-refractivity contribution in [1.82, 2.24) is 19.8 Å². The number of rotatable bonds is 5. The second-order valence-corrected chi connectivity index (χ2v) is 7.02. The third kappa shape index (κ3) is 2.92. The van der Waals surface area contributed by atoms with Gasteiger partial charge in [-0.15, -0.1) is 0 Å². The molecule has 7 nitrogen and oxygen atoms in total. The number of hydrogen-bond acceptors (Lipinski definition) is 6. The molecule has 0 N–H and O–H groups in total. The van der Waals surface area contributed by atoms with Crippen molar-refractivity contribution >= 4 is 11.7 Å². The van der Waals surface area contributed by atoms with Crippen LogP contribution in [-0.2, 0) is 4.79 Å². The lowest BCUT2D eigenvalue weighted by atomic mass is 10.0. The van der Waals surface area contributed by atoms with E-state index in [2.05, 4.69) is 24.7 Å². The van der Waals surface area contributed by atoms with E-state index in [1.807, 2.05) is 6.07 Å².